The van der Waals surface area contributed by atoms with Crippen LogP contribution in [-0.2, 0) is 24.2 Å². The molecule has 0 radical (unpaired) electrons. The lowest BCUT2D eigenvalue weighted by atomic mass is 9.89. The summed E-state index contributed by atoms with van der Waals surface area (Å²) in [5, 5.41) is 4.63. The van der Waals surface area contributed by atoms with Crippen molar-refractivity contribution in [3.05, 3.63) is 63.0 Å². The fourth-order valence-electron chi connectivity index (χ4n) is 3.39. The summed E-state index contributed by atoms with van der Waals surface area (Å²) >= 11 is 1.61. The van der Waals surface area contributed by atoms with Gasteiger partial charge in [-0.15, -0.1) is 11.3 Å². The summed E-state index contributed by atoms with van der Waals surface area (Å²) in [6.45, 7) is 2.13. The van der Waals surface area contributed by atoms with E-state index in [2.05, 4.69) is 22.4 Å². The Morgan fingerprint density at radius 1 is 1.41 bits per heavy atom. The van der Waals surface area contributed by atoms with Gasteiger partial charge in [-0.05, 0) is 36.3 Å². The van der Waals surface area contributed by atoms with Crippen LogP contribution in [0, 0.1) is 5.92 Å². The lowest BCUT2D eigenvalue weighted by Crippen LogP contribution is -2.30. The zero-order valence-electron chi connectivity index (χ0n) is 15.0. The Kier molecular flexibility index (Phi) is 4.85. The van der Waals surface area contributed by atoms with Crippen molar-refractivity contribution in [2.24, 2.45) is 11.0 Å². The normalized spacial score (nSPS) is 16.6. The number of nitrogens with zero attached hydrogens (tertiary/aromatic N) is 3. The predicted molar refractivity (Wildman–Crippen MR) is 107 cm³/mol. The van der Waals surface area contributed by atoms with Gasteiger partial charge in [-0.2, -0.15) is 5.10 Å². The van der Waals surface area contributed by atoms with Crippen molar-refractivity contribution in [1.29, 1.82) is 0 Å². The molecular formula is C20H20N4O2S. The van der Waals surface area contributed by atoms with E-state index in [4.69, 9.17) is 0 Å². The second-order valence-electron chi connectivity index (χ2n) is 6.91. The molecule has 0 spiro atoms. The van der Waals surface area contributed by atoms with Crippen molar-refractivity contribution < 1.29 is 4.79 Å². The molecule has 0 bridgehead atoms. The Balaban J connectivity index is 1.52. The molecule has 138 valence electrons. The number of hydrogen-bond donors (Lipinski definition) is 1. The topological polar surface area (TPSA) is 76.3 Å². The molecule has 2 aromatic heterocycles. The van der Waals surface area contributed by atoms with Crippen molar-refractivity contribution in [1.82, 2.24) is 15.0 Å². The zero-order chi connectivity index (χ0) is 18.8. The molecule has 7 heteroatoms. The minimum absolute atomic E-state index is 0.102. The van der Waals surface area contributed by atoms with Crippen molar-refractivity contribution in [2.45, 2.75) is 32.7 Å². The van der Waals surface area contributed by atoms with Crippen LogP contribution in [0.5, 0.6) is 0 Å². The molecule has 0 unspecified atom stereocenters. The van der Waals surface area contributed by atoms with E-state index in [1.165, 1.54) is 15.8 Å². The van der Waals surface area contributed by atoms with E-state index in [1.54, 1.807) is 17.6 Å². The molecule has 1 aliphatic carbocycles. The van der Waals surface area contributed by atoms with Gasteiger partial charge in [0.1, 0.15) is 11.4 Å². The van der Waals surface area contributed by atoms with E-state index in [9.17, 15) is 9.59 Å². The van der Waals surface area contributed by atoms with Gasteiger partial charge in [0.05, 0.1) is 17.9 Å². The Morgan fingerprint density at radius 2 is 2.22 bits per heavy atom. The van der Waals surface area contributed by atoms with E-state index in [0.717, 1.165) is 35.2 Å². The van der Waals surface area contributed by atoms with Gasteiger partial charge in [-0.1, -0.05) is 37.3 Å². The quantitative estimate of drug-likeness (QED) is 0.558. The van der Waals surface area contributed by atoms with Gasteiger partial charge in [0.2, 0.25) is 0 Å². The number of carbonyl (C=O) groups is 1. The standard InChI is InChI=1S/C20H20N4O2S/c1-13-7-8-15-16(9-13)27-19-18(15)20(26)24(12-21-19)11-17(25)23-22-10-14-5-3-2-4-6-14/h2-6,10,12-13H,7-9,11H2,1H3,(H,23,25)/b22-10-/t13-/m0/s1. The second-order valence-corrected chi connectivity index (χ2v) is 8.00. The molecule has 0 aliphatic heterocycles. The fraction of sp³-hybridized carbons (Fsp3) is 0.300. The van der Waals surface area contributed by atoms with Gasteiger partial charge >= 0.3 is 0 Å². The molecular weight excluding hydrogens is 360 g/mol. The average Bonchev–Trinajstić information content (AvgIpc) is 3.03. The minimum atomic E-state index is -0.358. The largest absolute Gasteiger partial charge is 0.289 e. The maximum atomic E-state index is 12.9. The SMILES string of the molecule is C[C@H]1CCc2c(sc3ncn(CC(=O)N/N=C\c4ccccc4)c(=O)c23)C1. The second kappa shape index (κ2) is 7.44. The first-order valence-corrected chi connectivity index (χ1v) is 9.80. The molecule has 6 nitrogen and oxygen atoms in total. The Hall–Kier alpha value is -2.80. The molecule has 0 fully saturated rings. The molecule has 1 N–H and O–H groups in total. The molecule has 0 saturated heterocycles. The van der Waals surface area contributed by atoms with Gasteiger partial charge in [0.15, 0.2) is 0 Å². The van der Waals surface area contributed by atoms with Crippen molar-refractivity contribution in [3.63, 3.8) is 0 Å². The van der Waals surface area contributed by atoms with Crippen LogP contribution in [0.1, 0.15) is 29.3 Å². The highest BCUT2D eigenvalue weighted by Gasteiger charge is 2.23. The number of thiophene rings is 1. The van der Waals surface area contributed by atoms with Gasteiger partial charge in [0.25, 0.3) is 11.5 Å². The average molecular weight is 380 g/mol. The summed E-state index contributed by atoms with van der Waals surface area (Å²) in [5.74, 6) is 0.282. The molecule has 27 heavy (non-hydrogen) atoms. The van der Waals surface area contributed by atoms with Crippen LogP contribution in [0.4, 0.5) is 0 Å². The number of carbonyl (C=O) groups excluding carboxylic acids is 1. The number of benzene rings is 1. The molecule has 1 amide bonds. The summed E-state index contributed by atoms with van der Waals surface area (Å²) in [7, 11) is 0. The third-order valence-corrected chi connectivity index (χ3v) is 5.96. The predicted octanol–water partition coefficient (Wildman–Crippen LogP) is 2.73. The first-order valence-electron chi connectivity index (χ1n) is 8.98. The van der Waals surface area contributed by atoms with Gasteiger partial charge in [-0.3, -0.25) is 14.2 Å². The van der Waals surface area contributed by atoms with Gasteiger partial charge < -0.3 is 0 Å². The van der Waals surface area contributed by atoms with Crippen LogP contribution < -0.4 is 11.0 Å². The third kappa shape index (κ3) is 3.68. The number of hydrogen-bond acceptors (Lipinski definition) is 5. The van der Waals surface area contributed by atoms with Crippen LogP contribution in [0.2, 0.25) is 0 Å². The monoisotopic (exact) mass is 380 g/mol. The van der Waals surface area contributed by atoms with E-state index in [-0.39, 0.29) is 18.0 Å². The van der Waals surface area contributed by atoms with Crippen molar-refractivity contribution >= 4 is 33.7 Å². The number of fused-ring (bicyclic) bond motifs is 3. The molecule has 1 atom stereocenters. The molecule has 1 aromatic carbocycles. The first-order chi connectivity index (χ1) is 13.1. The van der Waals surface area contributed by atoms with Gasteiger partial charge in [-0.25, -0.2) is 10.4 Å². The molecule has 1 aliphatic rings. The summed E-state index contributed by atoms with van der Waals surface area (Å²) in [5.41, 5.74) is 4.33. The molecule has 0 saturated carbocycles. The summed E-state index contributed by atoms with van der Waals surface area (Å²) < 4.78 is 1.36. The first kappa shape index (κ1) is 17.6. The highest BCUT2D eigenvalue weighted by atomic mass is 32.1. The maximum absolute atomic E-state index is 12.9. The number of hydrazone groups is 1. The molecule has 4 rings (SSSR count). The fourth-order valence-corrected chi connectivity index (χ4v) is 4.73. The number of nitrogens with one attached hydrogen (secondary N) is 1. The van der Waals surface area contributed by atoms with E-state index in [1.807, 2.05) is 30.3 Å². The van der Waals surface area contributed by atoms with Crippen LogP contribution in [0.15, 0.2) is 46.6 Å². The molecule has 2 heterocycles. The Morgan fingerprint density at radius 3 is 3.04 bits per heavy atom. The summed E-state index contributed by atoms with van der Waals surface area (Å²) in [4.78, 5) is 31.5. The lowest BCUT2D eigenvalue weighted by molar-refractivity contribution is -0.121. The maximum Gasteiger partial charge on any atom is 0.262 e. The zero-order valence-corrected chi connectivity index (χ0v) is 15.8. The molecule has 3 aromatic rings. The van der Waals surface area contributed by atoms with Crippen LogP contribution in [0.25, 0.3) is 10.2 Å². The van der Waals surface area contributed by atoms with Crippen molar-refractivity contribution in [3.8, 4) is 0 Å². The van der Waals surface area contributed by atoms with Crippen LogP contribution >= 0.6 is 11.3 Å². The third-order valence-electron chi connectivity index (χ3n) is 4.80. The number of aryl methyl sites for hydroxylation is 1. The van der Waals surface area contributed by atoms with Gasteiger partial charge in [0, 0.05) is 4.88 Å². The van der Waals surface area contributed by atoms with E-state index < -0.39 is 0 Å². The van der Waals surface area contributed by atoms with Crippen molar-refractivity contribution in [2.75, 3.05) is 0 Å². The summed E-state index contributed by atoms with van der Waals surface area (Å²) in [6.07, 6.45) is 6.02. The lowest BCUT2D eigenvalue weighted by Gasteiger charge is -2.17. The Labute approximate surface area is 160 Å². The van der Waals surface area contributed by atoms with E-state index >= 15 is 0 Å². The summed E-state index contributed by atoms with van der Waals surface area (Å²) in [6, 6.07) is 9.48. The van der Waals surface area contributed by atoms with Crippen LogP contribution in [-0.4, -0.2) is 21.7 Å². The number of rotatable bonds is 4. The van der Waals surface area contributed by atoms with E-state index in [0.29, 0.717) is 11.3 Å². The highest BCUT2D eigenvalue weighted by molar-refractivity contribution is 7.18. The highest BCUT2D eigenvalue weighted by Crippen LogP contribution is 2.35. The van der Waals surface area contributed by atoms with Crippen LogP contribution in [0.3, 0.4) is 0 Å². The minimum Gasteiger partial charge on any atom is -0.289 e. The smallest absolute Gasteiger partial charge is 0.262 e. The number of aromatic nitrogens is 2. The Bertz CT molecular complexity index is 1070. The number of amides is 1.